The Hall–Kier alpha value is -13.3. The maximum atomic E-state index is 10.9. The van der Waals surface area contributed by atoms with Gasteiger partial charge in [0.05, 0.1) is 91.6 Å². The summed E-state index contributed by atoms with van der Waals surface area (Å²) in [4.78, 5) is 15.5. The van der Waals surface area contributed by atoms with Gasteiger partial charge >= 0.3 is 0 Å². The van der Waals surface area contributed by atoms with Crippen molar-refractivity contribution in [3.05, 3.63) is 295 Å². The molecule has 3 aromatic heterocycles. The highest BCUT2D eigenvalue weighted by Gasteiger charge is 2.25. The summed E-state index contributed by atoms with van der Waals surface area (Å²) >= 11 is 0. The summed E-state index contributed by atoms with van der Waals surface area (Å²) in [6, 6.07) is 99.5. The lowest BCUT2D eigenvalue weighted by Gasteiger charge is -2.20. The van der Waals surface area contributed by atoms with Crippen LogP contribution in [0.2, 0.25) is 0 Å². The van der Waals surface area contributed by atoms with Crippen LogP contribution in [0.3, 0.4) is 0 Å². The molecular formula is C80H44N10. The average molecular weight is 1150 g/mol. The van der Waals surface area contributed by atoms with Crippen molar-refractivity contribution < 1.29 is 0 Å². The molecule has 0 N–H and O–H groups in total. The summed E-state index contributed by atoms with van der Waals surface area (Å²) < 4.78 is 4.49. The van der Waals surface area contributed by atoms with Gasteiger partial charge in [0.25, 0.3) is 0 Å². The van der Waals surface area contributed by atoms with Crippen LogP contribution in [0.15, 0.2) is 267 Å². The Balaban J connectivity index is 1.05. The van der Waals surface area contributed by atoms with E-state index in [0.717, 1.165) is 122 Å². The van der Waals surface area contributed by atoms with Gasteiger partial charge in [-0.05, 0) is 136 Å². The maximum absolute atomic E-state index is 10.9. The molecule has 0 aliphatic carbocycles. The van der Waals surface area contributed by atoms with Crippen LogP contribution in [0.1, 0.15) is 27.8 Å². The lowest BCUT2D eigenvalue weighted by molar-refractivity contribution is 1.07. The Kier molecular flexibility index (Phi) is 13.2. The van der Waals surface area contributed by atoms with E-state index in [4.69, 9.17) is 15.0 Å². The van der Waals surface area contributed by atoms with Crippen molar-refractivity contribution >= 4 is 43.6 Å². The molecule has 12 aromatic carbocycles. The quantitative estimate of drug-likeness (QED) is 0.130. The van der Waals surface area contributed by atoms with Crippen LogP contribution in [0.25, 0.3) is 145 Å². The van der Waals surface area contributed by atoms with Crippen molar-refractivity contribution in [3.8, 4) is 132 Å². The van der Waals surface area contributed by atoms with Gasteiger partial charge in [0, 0.05) is 49.4 Å². The molecule has 0 amide bonds. The Morgan fingerprint density at radius 3 is 0.878 bits per heavy atom. The van der Waals surface area contributed by atoms with E-state index in [-0.39, 0.29) is 0 Å². The highest BCUT2D eigenvalue weighted by molar-refractivity contribution is 6.14. The van der Waals surface area contributed by atoms with Crippen LogP contribution in [-0.4, -0.2) is 24.1 Å². The standard InChI is InChI=1S/C80H44N10/c81-45-50-27-33-66(76(39-50)89-72-35-29-53(62-23-11-7-19-58(62)46-82)40-68(72)69-41-54(30-36-73(69)89)63-24-12-8-20-59(63)47-83)67-34-28-57(80-87-78(51-15-3-1-4-16-51)86-79(88-80)52-17-5-2-6-18-52)44-77(67)90-74-37-31-55(64-25-13-9-21-60(64)48-84)42-70(74)71-43-56(32-38-75(71)90)65-26-14-10-22-61(65)49-85/h1-44H. The van der Waals surface area contributed by atoms with Gasteiger partial charge in [0.2, 0.25) is 0 Å². The highest BCUT2D eigenvalue weighted by Crippen LogP contribution is 2.46. The van der Waals surface area contributed by atoms with Gasteiger partial charge in [0.1, 0.15) is 0 Å². The first-order valence-corrected chi connectivity index (χ1v) is 29.1. The molecule has 10 nitrogen and oxygen atoms in total. The van der Waals surface area contributed by atoms with Gasteiger partial charge in [-0.2, -0.15) is 26.3 Å². The minimum absolute atomic E-state index is 0.445. The van der Waals surface area contributed by atoms with Crippen molar-refractivity contribution in [1.82, 2.24) is 24.1 Å². The fourth-order valence-corrected chi connectivity index (χ4v) is 12.6. The molecule has 3 heterocycles. The van der Waals surface area contributed by atoms with Gasteiger partial charge in [-0.1, -0.05) is 176 Å². The van der Waals surface area contributed by atoms with E-state index in [2.05, 4.69) is 112 Å². The SMILES string of the molecule is N#Cc1ccc(-c2ccc(-c3nc(-c4ccccc4)nc(-c4ccccc4)n3)cc2-n2c3ccc(-c4ccccc4C#N)cc3c3cc(-c4ccccc4C#N)ccc32)c(-n2c3ccc(-c4ccccc4C#N)cc3c3cc(-c4ccccc4C#N)ccc32)c1. The minimum atomic E-state index is 0.445. The second-order valence-electron chi connectivity index (χ2n) is 21.8. The third-order valence-electron chi connectivity index (χ3n) is 16.8. The number of hydrogen-bond donors (Lipinski definition) is 0. The topological polar surface area (TPSA) is 167 Å². The van der Waals surface area contributed by atoms with Crippen LogP contribution in [0.5, 0.6) is 0 Å². The number of benzene rings is 12. The van der Waals surface area contributed by atoms with Crippen LogP contribution >= 0.6 is 0 Å². The molecule has 0 saturated carbocycles. The summed E-state index contributed by atoms with van der Waals surface area (Å²) in [6.45, 7) is 0. The van der Waals surface area contributed by atoms with Crippen molar-refractivity contribution in [2.45, 2.75) is 0 Å². The molecule has 0 spiro atoms. The molecule has 15 rings (SSSR count). The van der Waals surface area contributed by atoms with E-state index in [1.165, 1.54) is 0 Å². The first-order valence-electron chi connectivity index (χ1n) is 29.1. The Morgan fingerprint density at radius 2 is 0.533 bits per heavy atom. The number of aromatic nitrogens is 5. The average Bonchev–Trinajstić information content (AvgIpc) is 1.58. The zero-order chi connectivity index (χ0) is 60.8. The number of nitriles is 5. The number of hydrogen-bond acceptors (Lipinski definition) is 8. The van der Waals surface area contributed by atoms with Crippen LogP contribution < -0.4 is 0 Å². The van der Waals surface area contributed by atoms with Crippen LogP contribution in [-0.2, 0) is 0 Å². The summed E-state index contributed by atoms with van der Waals surface area (Å²) in [5.74, 6) is 1.47. The normalized spacial score (nSPS) is 11.1. The highest BCUT2D eigenvalue weighted by atomic mass is 15.0. The first kappa shape index (κ1) is 53.4. The van der Waals surface area contributed by atoms with Crippen molar-refractivity contribution in [2.24, 2.45) is 0 Å². The molecule has 0 saturated heterocycles. The Labute approximate surface area is 517 Å². The second kappa shape index (κ2) is 22.3. The third kappa shape index (κ3) is 9.14. The molecule has 0 radical (unpaired) electrons. The van der Waals surface area contributed by atoms with E-state index in [0.29, 0.717) is 50.9 Å². The Morgan fingerprint density at radius 1 is 0.233 bits per heavy atom. The first-order chi connectivity index (χ1) is 44.4. The summed E-state index contributed by atoms with van der Waals surface area (Å²) in [7, 11) is 0. The number of nitrogens with zero attached hydrogens (tertiary/aromatic N) is 10. The van der Waals surface area contributed by atoms with E-state index in [1.807, 2.05) is 194 Å². The molecule has 0 bridgehead atoms. The minimum Gasteiger partial charge on any atom is -0.309 e. The van der Waals surface area contributed by atoms with Crippen molar-refractivity contribution in [2.75, 3.05) is 0 Å². The molecule has 0 unspecified atom stereocenters. The predicted octanol–water partition coefficient (Wildman–Crippen LogP) is 18.8. The molecule has 0 aliphatic rings. The van der Waals surface area contributed by atoms with Crippen LogP contribution in [0.4, 0.5) is 0 Å². The van der Waals surface area contributed by atoms with E-state index < -0.39 is 0 Å². The predicted molar refractivity (Wildman–Crippen MR) is 356 cm³/mol. The van der Waals surface area contributed by atoms with Crippen molar-refractivity contribution in [3.63, 3.8) is 0 Å². The van der Waals surface area contributed by atoms with E-state index >= 15 is 0 Å². The van der Waals surface area contributed by atoms with Gasteiger partial charge in [-0.25, -0.2) is 15.0 Å². The second-order valence-corrected chi connectivity index (χ2v) is 21.8. The lowest BCUT2D eigenvalue weighted by Crippen LogP contribution is -2.04. The lowest BCUT2D eigenvalue weighted by atomic mass is 9.96. The molecule has 0 aliphatic heterocycles. The van der Waals surface area contributed by atoms with Gasteiger partial charge in [0.15, 0.2) is 17.5 Å². The van der Waals surface area contributed by atoms with E-state index in [1.54, 1.807) is 0 Å². The third-order valence-corrected chi connectivity index (χ3v) is 16.8. The fraction of sp³-hybridized carbons (Fsp3) is 0. The molecule has 414 valence electrons. The smallest absolute Gasteiger partial charge is 0.164 e. The summed E-state index contributed by atoms with van der Waals surface area (Å²) in [5, 5.41) is 56.0. The number of fused-ring (bicyclic) bond motifs is 6. The zero-order valence-electron chi connectivity index (χ0n) is 47.9. The monoisotopic (exact) mass is 1140 g/mol. The fourth-order valence-electron chi connectivity index (χ4n) is 12.6. The summed E-state index contributed by atoms with van der Waals surface area (Å²) in [5.41, 5.74) is 18.2. The summed E-state index contributed by atoms with van der Waals surface area (Å²) in [6.07, 6.45) is 0. The van der Waals surface area contributed by atoms with Crippen molar-refractivity contribution in [1.29, 1.82) is 26.3 Å². The number of rotatable bonds is 10. The van der Waals surface area contributed by atoms with E-state index in [9.17, 15) is 26.3 Å². The maximum Gasteiger partial charge on any atom is 0.164 e. The van der Waals surface area contributed by atoms with Crippen LogP contribution in [0, 0.1) is 56.7 Å². The molecule has 10 heteroatoms. The van der Waals surface area contributed by atoms with Gasteiger partial charge < -0.3 is 9.13 Å². The van der Waals surface area contributed by atoms with Gasteiger partial charge in [-0.15, -0.1) is 0 Å². The Bertz CT molecular complexity index is 5400. The molecular weight excluding hydrogens is 1100 g/mol. The largest absolute Gasteiger partial charge is 0.309 e. The van der Waals surface area contributed by atoms with Gasteiger partial charge in [-0.3, -0.25) is 0 Å². The molecule has 15 aromatic rings. The molecule has 0 fully saturated rings. The zero-order valence-corrected chi connectivity index (χ0v) is 47.9. The molecule has 90 heavy (non-hydrogen) atoms. The molecule has 0 atom stereocenters.